The number of hydrogen-bond donors (Lipinski definition) is 0. The molecule has 0 N–H and O–H groups in total. The molecule has 23 heavy (non-hydrogen) atoms. The fourth-order valence-electron chi connectivity index (χ4n) is 2.76. The van der Waals surface area contributed by atoms with Crippen LogP contribution in [0, 0.1) is 0 Å². The second-order valence-corrected chi connectivity index (χ2v) is 7.97. The Hall–Kier alpha value is -1.79. The van der Waals surface area contributed by atoms with Gasteiger partial charge in [0.1, 0.15) is 10.7 Å². The van der Waals surface area contributed by atoms with E-state index in [4.69, 9.17) is 11.6 Å². The van der Waals surface area contributed by atoms with E-state index in [0.29, 0.717) is 23.9 Å². The summed E-state index contributed by atoms with van der Waals surface area (Å²) in [7, 11) is -3.29. The quantitative estimate of drug-likeness (QED) is 0.850. The molecule has 2 aromatic rings. The maximum absolute atomic E-state index is 11.9. The number of sulfone groups is 1. The maximum Gasteiger partial charge on any atom is 0.179 e. The lowest BCUT2D eigenvalue weighted by Crippen LogP contribution is -2.47. The highest BCUT2D eigenvalue weighted by molar-refractivity contribution is 7.90. The van der Waals surface area contributed by atoms with Crippen LogP contribution < -0.4 is 9.80 Å². The minimum atomic E-state index is -3.29. The lowest BCUT2D eigenvalue weighted by Gasteiger charge is -2.37. The molecule has 0 bridgehead atoms. The number of aromatic nitrogens is 1. The van der Waals surface area contributed by atoms with E-state index in [2.05, 4.69) is 9.88 Å². The third kappa shape index (κ3) is 3.59. The third-order valence-corrected chi connectivity index (χ3v) is 5.26. The van der Waals surface area contributed by atoms with E-state index < -0.39 is 9.84 Å². The molecule has 122 valence electrons. The Balaban J connectivity index is 1.78. The van der Waals surface area contributed by atoms with Crippen LogP contribution in [0.4, 0.5) is 11.5 Å². The van der Waals surface area contributed by atoms with E-state index in [1.54, 1.807) is 18.3 Å². The summed E-state index contributed by atoms with van der Waals surface area (Å²) in [6.45, 7) is 3.01. The molecular weight excluding hydrogens is 334 g/mol. The van der Waals surface area contributed by atoms with E-state index in [9.17, 15) is 8.42 Å². The number of nitrogens with zero attached hydrogens (tertiary/aromatic N) is 3. The SMILES string of the molecule is CS(=O)(=O)c1cccnc1N1CCN(c2cccc(Cl)c2)CC1. The van der Waals surface area contributed by atoms with Crippen LogP contribution in [-0.2, 0) is 9.84 Å². The van der Waals surface area contributed by atoms with Crippen LogP contribution in [0.15, 0.2) is 47.5 Å². The van der Waals surface area contributed by atoms with Gasteiger partial charge in [0.05, 0.1) is 0 Å². The topological polar surface area (TPSA) is 53.5 Å². The van der Waals surface area contributed by atoms with Crippen LogP contribution in [0.5, 0.6) is 0 Å². The summed E-state index contributed by atoms with van der Waals surface area (Å²) < 4.78 is 23.9. The first-order valence-corrected chi connectivity index (χ1v) is 9.62. The molecule has 0 spiro atoms. The van der Waals surface area contributed by atoms with Gasteiger partial charge in [-0.25, -0.2) is 13.4 Å². The molecule has 0 saturated carbocycles. The van der Waals surface area contributed by atoms with Crippen molar-refractivity contribution in [1.29, 1.82) is 0 Å². The van der Waals surface area contributed by atoms with Gasteiger partial charge in [-0.3, -0.25) is 0 Å². The summed E-state index contributed by atoms with van der Waals surface area (Å²) in [6.07, 6.45) is 2.85. The average molecular weight is 352 g/mol. The summed E-state index contributed by atoms with van der Waals surface area (Å²) >= 11 is 6.05. The van der Waals surface area contributed by atoms with Gasteiger partial charge in [-0.15, -0.1) is 0 Å². The summed E-state index contributed by atoms with van der Waals surface area (Å²) in [4.78, 5) is 8.84. The van der Waals surface area contributed by atoms with Crippen molar-refractivity contribution in [2.75, 3.05) is 42.2 Å². The van der Waals surface area contributed by atoms with Crippen molar-refractivity contribution in [3.05, 3.63) is 47.6 Å². The van der Waals surface area contributed by atoms with Crippen LogP contribution >= 0.6 is 11.6 Å². The van der Waals surface area contributed by atoms with Gasteiger partial charge in [-0.1, -0.05) is 17.7 Å². The highest BCUT2D eigenvalue weighted by Crippen LogP contribution is 2.25. The third-order valence-electron chi connectivity index (χ3n) is 3.90. The number of pyridine rings is 1. The highest BCUT2D eigenvalue weighted by Gasteiger charge is 2.23. The van der Waals surface area contributed by atoms with Gasteiger partial charge in [0, 0.05) is 49.3 Å². The lowest BCUT2D eigenvalue weighted by atomic mass is 10.2. The maximum atomic E-state index is 11.9. The minimum Gasteiger partial charge on any atom is -0.368 e. The molecule has 1 fully saturated rings. The van der Waals surface area contributed by atoms with Crippen molar-refractivity contribution in [3.63, 3.8) is 0 Å². The molecule has 2 heterocycles. The van der Waals surface area contributed by atoms with Crippen molar-refractivity contribution < 1.29 is 8.42 Å². The Bertz CT molecular complexity index is 802. The Morgan fingerprint density at radius 3 is 2.39 bits per heavy atom. The fraction of sp³-hybridized carbons (Fsp3) is 0.312. The van der Waals surface area contributed by atoms with Gasteiger partial charge in [0.25, 0.3) is 0 Å². The van der Waals surface area contributed by atoms with Gasteiger partial charge < -0.3 is 9.80 Å². The van der Waals surface area contributed by atoms with E-state index in [1.807, 2.05) is 29.2 Å². The Kier molecular flexibility index (Phi) is 4.46. The van der Waals surface area contributed by atoms with Gasteiger partial charge in [0.2, 0.25) is 0 Å². The first kappa shape index (κ1) is 16.1. The number of rotatable bonds is 3. The van der Waals surface area contributed by atoms with Crippen LogP contribution in [0.25, 0.3) is 0 Å². The van der Waals surface area contributed by atoms with Crippen molar-refractivity contribution in [2.45, 2.75) is 4.90 Å². The van der Waals surface area contributed by atoms with Gasteiger partial charge in [-0.2, -0.15) is 0 Å². The number of anilines is 2. The molecule has 1 aromatic heterocycles. The van der Waals surface area contributed by atoms with E-state index in [-0.39, 0.29) is 4.90 Å². The van der Waals surface area contributed by atoms with Crippen LogP contribution in [0.3, 0.4) is 0 Å². The Labute approximate surface area is 141 Å². The number of benzene rings is 1. The van der Waals surface area contributed by atoms with Crippen molar-refractivity contribution in [1.82, 2.24) is 4.98 Å². The molecule has 0 aliphatic carbocycles. The second kappa shape index (κ2) is 6.37. The molecule has 0 amide bonds. The summed E-state index contributed by atoms with van der Waals surface area (Å²) in [5.74, 6) is 0.542. The second-order valence-electron chi connectivity index (χ2n) is 5.55. The number of piperazine rings is 1. The zero-order chi connectivity index (χ0) is 16.4. The standard InChI is InChI=1S/C16H18ClN3O2S/c1-23(21,22)15-6-3-7-18-16(15)20-10-8-19(9-11-20)14-5-2-4-13(17)12-14/h2-7,12H,8-11H2,1H3. The van der Waals surface area contributed by atoms with Crippen LogP contribution in [0.1, 0.15) is 0 Å². The van der Waals surface area contributed by atoms with Crippen molar-refractivity contribution in [3.8, 4) is 0 Å². The Morgan fingerprint density at radius 1 is 1.04 bits per heavy atom. The first-order valence-electron chi connectivity index (χ1n) is 7.36. The van der Waals surface area contributed by atoms with Crippen molar-refractivity contribution >= 4 is 32.9 Å². The molecule has 0 unspecified atom stereocenters. The lowest BCUT2D eigenvalue weighted by molar-refractivity contribution is 0.598. The molecule has 1 aliphatic rings. The molecular formula is C16H18ClN3O2S. The van der Waals surface area contributed by atoms with Gasteiger partial charge in [0.15, 0.2) is 9.84 Å². The monoisotopic (exact) mass is 351 g/mol. The predicted molar refractivity (Wildman–Crippen MR) is 93.2 cm³/mol. The smallest absolute Gasteiger partial charge is 0.179 e. The minimum absolute atomic E-state index is 0.288. The van der Waals surface area contributed by atoms with E-state index >= 15 is 0 Å². The molecule has 3 rings (SSSR count). The summed E-state index contributed by atoms with van der Waals surface area (Å²) in [6, 6.07) is 11.0. The summed E-state index contributed by atoms with van der Waals surface area (Å²) in [5.41, 5.74) is 1.08. The number of hydrogen-bond acceptors (Lipinski definition) is 5. The highest BCUT2D eigenvalue weighted by atomic mass is 35.5. The number of halogens is 1. The van der Waals surface area contributed by atoms with Gasteiger partial charge >= 0.3 is 0 Å². The van der Waals surface area contributed by atoms with Crippen molar-refractivity contribution in [2.24, 2.45) is 0 Å². The Morgan fingerprint density at radius 2 is 1.74 bits per heavy atom. The predicted octanol–water partition coefficient (Wildman–Crippen LogP) is 2.47. The van der Waals surface area contributed by atoms with E-state index in [1.165, 1.54) is 6.26 Å². The van der Waals surface area contributed by atoms with Crippen LogP contribution in [0.2, 0.25) is 5.02 Å². The molecule has 0 atom stereocenters. The largest absolute Gasteiger partial charge is 0.368 e. The van der Waals surface area contributed by atoms with Gasteiger partial charge in [-0.05, 0) is 30.3 Å². The zero-order valence-corrected chi connectivity index (χ0v) is 14.4. The fourth-order valence-corrected chi connectivity index (χ4v) is 3.78. The normalized spacial score (nSPS) is 15.7. The van der Waals surface area contributed by atoms with Crippen LogP contribution in [-0.4, -0.2) is 45.8 Å². The zero-order valence-electron chi connectivity index (χ0n) is 12.8. The summed E-state index contributed by atoms with van der Waals surface area (Å²) in [5, 5.41) is 0.717. The molecule has 1 aliphatic heterocycles. The molecule has 5 nitrogen and oxygen atoms in total. The average Bonchev–Trinajstić information content (AvgIpc) is 2.54. The first-order chi connectivity index (χ1) is 10.9. The molecule has 7 heteroatoms. The van der Waals surface area contributed by atoms with E-state index in [0.717, 1.165) is 18.8 Å². The molecule has 1 saturated heterocycles. The molecule has 1 aromatic carbocycles. The molecule has 0 radical (unpaired) electrons.